The molecule has 0 aliphatic carbocycles. The van der Waals surface area contributed by atoms with Crippen molar-refractivity contribution in [1.82, 2.24) is 14.9 Å². The molecule has 1 aliphatic heterocycles. The highest BCUT2D eigenvalue weighted by Crippen LogP contribution is 2.25. The molecule has 8 heteroatoms. The first-order chi connectivity index (χ1) is 12.3. The molecular formula is C18H24N4O3S. The summed E-state index contributed by atoms with van der Waals surface area (Å²) in [5, 5.41) is 12.9. The molecule has 0 spiro atoms. The Bertz CT molecular complexity index is 782. The van der Waals surface area contributed by atoms with E-state index >= 15 is 0 Å². The molecule has 2 aromatic rings. The zero-order valence-electron chi connectivity index (χ0n) is 15.2. The Morgan fingerprint density at radius 2 is 2.04 bits per heavy atom. The van der Waals surface area contributed by atoms with Gasteiger partial charge in [-0.3, -0.25) is 5.32 Å². The molecule has 1 aliphatic rings. The third kappa shape index (κ3) is 4.70. The minimum atomic E-state index is -0.301. The second-order valence-electron chi connectivity index (χ2n) is 7.36. The zero-order chi connectivity index (χ0) is 18.7. The number of piperidine rings is 1. The number of nitrogens with one attached hydrogen (secondary N) is 1. The van der Waals surface area contributed by atoms with Crippen LogP contribution in [0.5, 0.6) is 0 Å². The number of oxazole rings is 1. The molecule has 0 bridgehead atoms. The van der Waals surface area contributed by atoms with Crippen LogP contribution in [0.2, 0.25) is 0 Å². The Labute approximate surface area is 156 Å². The lowest BCUT2D eigenvalue weighted by Crippen LogP contribution is -2.42. The fourth-order valence-corrected chi connectivity index (χ4v) is 3.23. The maximum Gasteiger partial charge on any atom is 0.323 e. The first-order valence-electron chi connectivity index (χ1n) is 8.65. The average Bonchev–Trinajstić information content (AvgIpc) is 3.22. The molecule has 0 unspecified atom stereocenters. The normalized spacial score (nSPS) is 16.4. The molecule has 26 heavy (non-hydrogen) atoms. The minimum absolute atomic E-state index is 0.0779. The summed E-state index contributed by atoms with van der Waals surface area (Å²) in [6.45, 7) is 7.34. The van der Waals surface area contributed by atoms with E-state index in [2.05, 4.69) is 36.1 Å². The van der Waals surface area contributed by atoms with Crippen LogP contribution in [0, 0.1) is 0 Å². The number of urea groups is 1. The van der Waals surface area contributed by atoms with Crippen molar-refractivity contribution in [2.24, 2.45) is 0 Å². The van der Waals surface area contributed by atoms with Crippen molar-refractivity contribution in [3.8, 4) is 0 Å². The van der Waals surface area contributed by atoms with E-state index in [9.17, 15) is 9.90 Å². The van der Waals surface area contributed by atoms with Gasteiger partial charge in [-0.15, -0.1) is 0 Å². The van der Waals surface area contributed by atoms with E-state index in [0.29, 0.717) is 37.0 Å². The van der Waals surface area contributed by atoms with Crippen LogP contribution in [-0.2, 0) is 5.41 Å². The standard InChI is InChI=1S/C18H24N4O3S/c1-18(2,3)14-11-19-15(25-14)5-4-13-10-20-16(26-13)21-17(24)22-8-6-12(23)7-9-22/h4-5,10-12,23H,6-9H2,1-3H3,(H,20,21,24)/b5-4+. The maximum absolute atomic E-state index is 12.2. The highest BCUT2D eigenvalue weighted by molar-refractivity contribution is 7.16. The van der Waals surface area contributed by atoms with Gasteiger partial charge in [-0.1, -0.05) is 32.1 Å². The van der Waals surface area contributed by atoms with Crippen LogP contribution >= 0.6 is 11.3 Å². The van der Waals surface area contributed by atoms with Gasteiger partial charge in [0.1, 0.15) is 5.76 Å². The van der Waals surface area contributed by atoms with Crippen molar-refractivity contribution in [3.63, 3.8) is 0 Å². The van der Waals surface area contributed by atoms with Crippen LogP contribution < -0.4 is 5.32 Å². The van der Waals surface area contributed by atoms with Gasteiger partial charge in [0, 0.05) is 35.7 Å². The maximum atomic E-state index is 12.2. The van der Waals surface area contributed by atoms with E-state index in [0.717, 1.165) is 10.6 Å². The van der Waals surface area contributed by atoms with E-state index < -0.39 is 0 Å². The largest absolute Gasteiger partial charge is 0.441 e. The molecule has 2 aromatic heterocycles. The van der Waals surface area contributed by atoms with Gasteiger partial charge in [-0.2, -0.15) is 0 Å². The monoisotopic (exact) mass is 376 g/mol. The number of hydrogen-bond donors (Lipinski definition) is 2. The quantitative estimate of drug-likeness (QED) is 0.854. The molecule has 1 fully saturated rings. The summed E-state index contributed by atoms with van der Waals surface area (Å²) in [5.74, 6) is 1.38. The third-order valence-corrected chi connectivity index (χ3v) is 5.02. The smallest absolute Gasteiger partial charge is 0.323 e. The molecule has 2 N–H and O–H groups in total. The number of aliphatic hydroxyl groups excluding tert-OH is 1. The average molecular weight is 376 g/mol. The predicted octanol–water partition coefficient (Wildman–Crippen LogP) is 3.59. The van der Waals surface area contributed by atoms with Crippen LogP contribution in [0.1, 0.15) is 50.1 Å². The molecule has 3 heterocycles. The molecule has 0 aromatic carbocycles. The number of thiazole rings is 1. The predicted molar refractivity (Wildman–Crippen MR) is 102 cm³/mol. The van der Waals surface area contributed by atoms with Gasteiger partial charge in [0.2, 0.25) is 5.89 Å². The van der Waals surface area contributed by atoms with Gasteiger partial charge in [-0.05, 0) is 18.9 Å². The minimum Gasteiger partial charge on any atom is -0.441 e. The number of anilines is 1. The second kappa shape index (κ2) is 7.59. The molecule has 0 atom stereocenters. The van der Waals surface area contributed by atoms with E-state index in [-0.39, 0.29) is 17.6 Å². The van der Waals surface area contributed by atoms with Crippen molar-refractivity contribution >= 4 is 34.7 Å². The number of aromatic nitrogens is 2. The summed E-state index contributed by atoms with van der Waals surface area (Å²) in [7, 11) is 0. The van der Waals surface area contributed by atoms with Gasteiger partial charge < -0.3 is 14.4 Å². The third-order valence-electron chi connectivity index (χ3n) is 4.14. The van der Waals surface area contributed by atoms with Crippen LogP contribution in [0.25, 0.3) is 12.2 Å². The molecule has 0 radical (unpaired) electrons. The second-order valence-corrected chi connectivity index (χ2v) is 8.42. The van der Waals surface area contributed by atoms with Crippen LogP contribution in [0.4, 0.5) is 9.93 Å². The molecule has 1 saturated heterocycles. The lowest BCUT2D eigenvalue weighted by atomic mass is 9.94. The lowest BCUT2D eigenvalue weighted by Gasteiger charge is -2.29. The Balaban J connectivity index is 1.57. The summed E-state index contributed by atoms with van der Waals surface area (Å²) in [6.07, 6.45) is 8.03. The van der Waals surface area contributed by atoms with Crippen molar-refractivity contribution < 1.29 is 14.3 Å². The Hall–Kier alpha value is -2.19. The number of nitrogens with zero attached hydrogens (tertiary/aromatic N) is 3. The molecule has 2 amide bonds. The van der Waals surface area contributed by atoms with E-state index in [1.165, 1.54) is 11.3 Å². The summed E-state index contributed by atoms with van der Waals surface area (Å²) in [4.78, 5) is 23.3. The number of carbonyl (C=O) groups excluding carboxylic acids is 1. The fraction of sp³-hybridized carbons (Fsp3) is 0.500. The summed E-state index contributed by atoms with van der Waals surface area (Å²) in [5.41, 5.74) is -0.0779. The highest BCUT2D eigenvalue weighted by atomic mass is 32.1. The molecule has 7 nitrogen and oxygen atoms in total. The molecule has 3 rings (SSSR count). The number of amides is 2. The van der Waals surface area contributed by atoms with Gasteiger partial charge in [0.05, 0.1) is 12.3 Å². The topological polar surface area (TPSA) is 91.5 Å². The van der Waals surface area contributed by atoms with Crippen LogP contribution in [0.15, 0.2) is 16.8 Å². The SMILES string of the molecule is CC(C)(C)c1cnc(/C=C/c2cnc(NC(=O)N3CCC(O)CC3)s2)o1. The first-order valence-corrected chi connectivity index (χ1v) is 9.47. The summed E-state index contributed by atoms with van der Waals surface area (Å²) < 4.78 is 5.72. The number of rotatable bonds is 3. The zero-order valence-corrected chi connectivity index (χ0v) is 16.0. The first kappa shape index (κ1) is 18.6. The van der Waals surface area contributed by atoms with Gasteiger partial charge >= 0.3 is 6.03 Å². The van der Waals surface area contributed by atoms with E-state index in [1.54, 1.807) is 23.4 Å². The van der Waals surface area contributed by atoms with E-state index in [4.69, 9.17) is 4.42 Å². The fourth-order valence-electron chi connectivity index (χ4n) is 2.53. The number of likely N-dealkylation sites (tertiary alicyclic amines) is 1. The molecular weight excluding hydrogens is 352 g/mol. The van der Waals surface area contributed by atoms with Gasteiger partial charge in [-0.25, -0.2) is 14.8 Å². The van der Waals surface area contributed by atoms with Gasteiger partial charge in [0.15, 0.2) is 5.13 Å². The summed E-state index contributed by atoms with van der Waals surface area (Å²) in [6, 6.07) is -0.177. The van der Waals surface area contributed by atoms with Crippen molar-refractivity contribution in [2.75, 3.05) is 18.4 Å². The number of hydrogen-bond acceptors (Lipinski definition) is 6. The Kier molecular flexibility index (Phi) is 5.43. The molecule has 140 valence electrons. The van der Waals surface area contributed by atoms with E-state index in [1.807, 2.05) is 6.08 Å². The van der Waals surface area contributed by atoms with Crippen LogP contribution in [-0.4, -0.2) is 45.2 Å². The van der Waals surface area contributed by atoms with Crippen molar-refractivity contribution in [1.29, 1.82) is 0 Å². The van der Waals surface area contributed by atoms with Gasteiger partial charge in [0.25, 0.3) is 0 Å². The van der Waals surface area contributed by atoms with Crippen molar-refractivity contribution in [2.45, 2.75) is 45.1 Å². The number of aliphatic hydroxyl groups is 1. The van der Waals surface area contributed by atoms with Crippen molar-refractivity contribution in [3.05, 3.63) is 28.9 Å². The number of carbonyl (C=O) groups is 1. The lowest BCUT2D eigenvalue weighted by molar-refractivity contribution is 0.0972. The van der Waals surface area contributed by atoms with Crippen LogP contribution in [0.3, 0.4) is 0 Å². The highest BCUT2D eigenvalue weighted by Gasteiger charge is 2.22. The summed E-state index contributed by atoms with van der Waals surface area (Å²) >= 11 is 1.38. The Morgan fingerprint density at radius 3 is 2.69 bits per heavy atom. The molecule has 0 saturated carbocycles. The Morgan fingerprint density at radius 1 is 1.31 bits per heavy atom.